The zero-order valence-corrected chi connectivity index (χ0v) is 13.4. The van der Waals surface area contributed by atoms with Crippen molar-refractivity contribution in [2.75, 3.05) is 12.4 Å². The Morgan fingerprint density at radius 2 is 1.92 bits per heavy atom. The number of amides is 1. The summed E-state index contributed by atoms with van der Waals surface area (Å²) < 4.78 is 6.50. The van der Waals surface area contributed by atoms with Gasteiger partial charge in [0.1, 0.15) is 11.3 Å². The van der Waals surface area contributed by atoms with Gasteiger partial charge < -0.3 is 10.1 Å². The maximum atomic E-state index is 12.8. The Morgan fingerprint density at radius 3 is 2.67 bits per heavy atom. The molecule has 3 rings (SSSR count). The first-order valence-electron chi connectivity index (χ1n) is 7.60. The predicted molar refractivity (Wildman–Crippen MR) is 90.3 cm³/mol. The minimum Gasteiger partial charge on any atom is -0.465 e. The van der Waals surface area contributed by atoms with E-state index in [1.54, 1.807) is 34.9 Å². The summed E-state index contributed by atoms with van der Waals surface area (Å²) in [5.41, 5.74) is 2.59. The van der Waals surface area contributed by atoms with E-state index < -0.39 is 5.97 Å². The van der Waals surface area contributed by atoms with Gasteiger partial charge in [-0.25, -0.2) is 9.78 Å². The number of methoxy groups -OCH3 is 1. The number of anilines is 1. The normalized spacial score (nSPS) is 10.6. The Bertz CT molecular complexity index is 915. The SMILES string of the molecule is CCc1nc2ccccn2c1C(=O)Nc1ccccc1C(=O)OC. The number of fused-ring (bicyclic) bond motifs is 1. The van der Waals surface area contributed by atoms with E-state index in [0.717, 1.165) is 0 Å². The van der Waals surface area contributed by atoms with Crippen LogP contribution in [0.15, 0.2) is 48.7 Å². The largest absolute Gasteiger partial charge is 0.465 e. The molecule has 0 saturated carbocycles. The molecule has 0 unspecified atom stereocenters. The summed E-state index contributed by atoms with van der Waals surface area (Å²) in [5, 5.41) is 2.79. The zero-order chi connectivity index (χ0) is 17.1. The second-order valence-electron chi connectivity index (χ2n) is 5.18. The molecule has 2 heterocycles. The van der Waals surface area contributed by atoms with Crippen LogP contribution in [0.25, 0.3) is 5.65 Å². The lowest BCUT2D eigenvalue weighted by Crippen LogP contribution is -2.18. The number of aromatic nitrogens is 2. The average Bonchev–Trinajstić information content (AvgIpc) is 3.00. The molecule has 1 N–H and O–H groups in total. The van der Waals surface area contributed by atoms with E-state index >= 15 is 0 Å². The molecule has 3 aromatic rings. The number of esters is 1. The molecule has 0 aliphatic rings. The number of imidazole rings is 1. The lowest BCUT2D eigenvalue weighted by Gasteiger charge is -2.10. The lowest BCUT2D eigenvalue weighted by atomic mass is 10.1. The van der Waals surface area contributed by atoms with Crippen LogP contribution in [-0.4, -0.2) is 28.4 Å². The molecule has 0 fully saturated rings. The Kier molecular flexibility index (Phi) is 4.29. The summed E-state index contributed by atoms with van der Waals surface area (Å²) in [4.78, 5) is 29.1. The van der Waals surface area contributed by atoms with Crippen LogP contribution in [0.2, 0.25) is 0 Å². The summed E-state index contributed by atoms with van der Waals surface area (Å²) in [6.45, 7) is 1.95. The van der Waals surface area contributed by atoms with E-state index in [1.807, 2.05) is 25.1 Å². The molecule has 0 radical (unpaired) electrons. The molecule has 2 aromatic heterocycles. The van der Waals surface area contributed by atoms with Gasteiger partial charge in [0, 0.05) is 6.20 Å². The van der Waals surface area contributed by atoms with Crippen molar-refractivity contribution in [2.45, 2.75) is 13.3 Å². The van der Waals surface area contributed by atoms with Crippen LogP contribution in [0, 0.1) is 0 Å². The number of hydrogen-bond acceptors (Lipinski definition) is 4. The fraction of sp³-hybridized carbons (Fsp3) is 0.167. The van der Waals surface area contributed by atoms with E-state index in [9.17, 15) is 9.59 Å². The summed E-state index contributed by atoms with van der Waals surface area (Å²) >= 11 is 0. The fourth-order valence-corrected chi connectivity index (χ4v) is 2.59. The van der Waals surface area contributed by atoms with Gasteiger partial charge in [0.15, 0.2) is 0 Å². The number of pyridine rings is 1. The van der Waals surface area contributed by atoms with Crippen molar-refractivity contribution in [3.8, 4) is 0 Å². The highest BCUT2D eigenvalue weighted by atomic mass is 16.5. The molecule has 0 saturated heterocycles. The van der Waals surface area contributed by atoms with Gasteiger partial charge in [-0.2, -0.15) is 0 Å². The molecular weight excluding hydrogens is 306 g/mol. The Morgan fingerprint density at radius 1 is 1.17 bits per heavy atom. The second-order valence-corrected chi connectivity index (χ2v) is 5.18. The number of nitrogens with zero attached hydrogens (tertiary/aromatic N) is 2. The van der Waals surface area contributed by atoms with Gasteiger partial charge in [-0.15, -0.1) is 0 Å². The van der Waals surface area contributed by atoms with Crippen molar-refractivity contribution in [3.05, 3.63) is 65.6 Å². The molecule has 0 aliphatic heterocycles. The molecule has 0 spiro atoms. The van der Waals surface area contributed by atoms with Crippen LogP contribution in [-0.2, 0) is 11.2 Å². The number of rotatable bonds is 4. The van der Waals surface area contributed by atoms with Crippen LogP contribution >= 0.6 is 0 Å². The zero-order valence-electron chi connectivity index (χ0n) is 13.4. The molecule has 1 amide bonds. The number of nitrogens with one attached hydrogen (secondary N) is 1. The molecule has 122 valence electrons. The van der Waals surface area contributed by atoms with Gasteiger partial charge in [-0.05, 0) is 30.7 Å². The molecule has 6 heteroatoms. The number of benzene rings is 1. The molecule has 0 atom stereocenters. The molecular formula is C18H17N3O3. The number of carbonyl (C=O) groups excluding carboxylic acids is 2. The van der Waals surface area contributed by atoms with Gasteiger partial charge in [0.05, 0.1) is 24.1 Å². The van der Waals surface area contributed by atoms with E-state index in [2.05, 4.69) is 10.3 Å². The van der Waals surface area contributed by atoms with Crippen LogP contribution < -0.4 is 5.32 Å². The Hall–Kier alpha value is -3.15. The minimum atomic E-state index is -0.500. The van der Waals surface area contributed by atoms with Crippen LogP contribution in [0.4, 0.5) is 5.69 Å². The number of ether oxygens (including phenoxy) is 1. The van der Waals surface area contributed by atoms with Crippen molar-refractivity contribution >= 4 is 23.2 Å². The van der Waals surface area contributed by atoms with Crippen molar-refractivity contribution in [2.24, 2.45) is 0 Å². The maximum absolute atomic E-state index is 12.8. The van der Waals surface area contributed by atoms with Gasteiger partial charge in [-0.1, -0.05) is 25.1 Å². The summed E-state index contributed by atoms with van der Waals surface area (Å²) in [5.74, 6) is -0.818. The quantitative estimate of drug-likeness (QED) is 0.749. The number of hydrogen-bond donors (Lipinski definition) is 1. The highest BCUT2D eigenvalue weighted by Gasteiger charge is 2.20. The number of aryl methyl sites for hydroxylation is 1. The number of para-hydroxylation sites is 1. The predicted octanol–water partition coefficient (Wildman–Crippen LogP) is 2.94. The summed E-state index contributed by atoms with van der Waals surface area (Å²) in [6, 6.07) is 12.3. The van der Waals surface area contributed by atoms with Crippen molar-refractivity contribution in [3.63, 3.8) is 0 Å². The van der Waals surface area contributed by atoms with Crippen molar-refractivity contribution < 1.29 is 14.3 Å². The third kappa shape index (κ3) is 2.74. The Balaban J connectivity index is 2.01. The minimum absolute atomic E-state index is 0.306. The van der Waals surface area contributed by atoms with Gasteiger partial charge >= 0.3 is 5.97 Å². The average molecular weight is 323 g/mol. The van der Waals surface area contributed by atoms with E-state index in [4.69, 9.17) is 4.74 Å². The monoisotopic (exact) mass is 323 g/mol. The third-order valence-electron chi connectivity index (χ3n) is 3.73. The molecule has 0 bridgehead atoms. The van der Waals surface area contributed by atoms with E-state index in [1.165, 1.54) is 7.11 Å². The van der Waals surface area contributed by atoms with E-state index in [0.29, 0.717) is 34.7 Å². The lowest BCUT2D eigenvalue weighted by molar-refractivity contribution is 0.0602. The highest BCUT2D eigenvalue weighted by molar-refractivity contribution is 6.08. The third-order valence-corrected chi connectivity index (χ3v) is 3.73. The smallest absolute Gasteiger partial charge is 0.339 e. The standard InChI is InChI=1S/C18H17N3O3/c1-3-13-16(21-11-7-6-10-15(21)19-13)17(22)20-14-9-5-4-8-12(14)18(23)24-2/h4-11H,3H2,1-2H3,(H,20,22). The van der Waals surface area contributed by atoms with Crippen LogP contribution in [0.1, 0.15) is 33.5 Å². The Labute approximate surface area is 139 Å². The molecule has 24 heavy (non-hydrogen) atoms. The van der Waals surface area contributed by atoms with Crippen molar-refractivity contribution in [1.82, 2.24) is 9.38 Å². The first-order valence-corrected chi connectivity index (χ1v) is 7.60. The molecule has 6 nitrogen and oxygen atoms in total. The first kappa shape index (κ1) is 15.7. The summed E-state index contributed by atoms with van der Waals surface area (Å²) in [7, 11) is 1.31. The first-order chi connectivity index (χ1) is 11.7. The molecule has 1 aromatic carbocycles. The maximum Gasteiger partial charge on any atom is 0.339 e. The van der Waals surface area contributed by atoms with Crippen LogP contribution in [0.5, 0.6) is 0 Å². The highest BCUT2D eigenvalue weighted by Crippen LogP contribution is 2.19. The van der Waals surface area contributed by atoms with E-state index in [-0.39, 0.29) is 5.91 Å². The van der Waals surface area contributed by atoms with Gasteiger partial charge in [0.25, 0.3) is 5.91 Å². The summed E-state index contributed by atoms with van der Waals surface area (Å²) in [6.07, 6.45) is 2.42. The fourth-order valence-electron chi connectivity index (χ4n) is 2.59. The van der Waals surface area contributed by atoms with Crippen molar-refractivity contribution in [1.29, 1.82) is 0 Å². The van der Waals surface area contributed by atoms with Gasteiger partial charge in [-0.3, -0.25) is 9.20 Å². The van der Waals surface area contributed by atoms with Crippen LogP contribution in [0.3, 0.4) is 0 Å². The second kappa shape index (κ2) is 6.54. The van der Waals surface area contributed by atoms with Gasteiger partial charge in [0.2, 0.25) is 0 Å². The number of carbonyl (C=O) groups is 2. The topological polar surface area (TPSA) is 72.7 Å². The molecule has 0 aliphatic carbocycles.